The Morgan fingerprint density at radius 2 is 1.89 bits per heavy atom. The predicted molar refractivity (Wildman–Crippen MR) is 78.2 cm³/mol. The van der Waals surface area contributed by atoms with E-state index in [2.05, 4.69) is 39.0 Å². The highest BCUT2D eigenvalue weighted by Gasteiger charge is 2.00. The molecule has 2 heterocycles. The Bertz CT molecular complexity index is 510. The van der Waals surface area contributed by atoms with Gasteiger partial charge in [0.05, 0.1) is 0 Å². The molecule has 0 aliphatic carbocycles. The molecule has 0 bridgehead atoms. The quantitative estimate of drug-likeness (QED) is 0.772. The van der Waals surface area contributed by atoms with Gasteiger partial charge in [0.15, 0.2) is 5.65 Å². The Morgan fingerprint density at radius 1 is 1.11 bits per heavy atom. The van der Waals surface area contributed by atoms with Crippen molar-refractivity contribution < 1.29 is 0 Å². The van der Waals surface area contributed by atoms with Crippen LogP contribution in [0, 0.1) is 0 Å². The summed E-state index contributed by atoms with van der Waals surface area (Å²) in [4.78, 5) is 15.3. The Labute approximate surface area is 114 Å². The smallest absolute Gasteiger partial charge is 0.180 e. The summed E-state index contributed by atoms with van der Waals surface area (Å²) in [5, 5.41) is 3.33. The summed E-state index contributed by atoms with van der Waals surface area (Å²) in [6.07, 6.45) is 4.46. The number of fused-ring (bicyclic) bond motifs is 1. The second-order valence-corrected chi connectivity index (χ2v) is 4.40. The molecule has 0 atom stereocenters. The molecule has 0 aliphatic rings. The monoisotopic (exact) mass is 259 g/mol. The van der Waals surface area contributed by atoms with Crippen LogP contribution >= 0.6 is 0 Å². The van der Waals surface area contributed by atoms with Gasteiger partial charge < -0.3 is 10.2 Å². The van der Waals surface area contributed by atoms with E-state index in [0.717, 1.165) is 43.9 Å². The second kappa shape index (κ2) is 6.99. The van der Waals surface area contributed by atoms with E-state index in [-0.39, 0.29) is 0 Å². The molecule has 0 spiro atoms. The lowest BCUT2D eigenvalue weighted by molar-refractivity contribution is 0.303. The Balaban J connectivity index is 1.84. The van der Waals surface area contributed by atoms with Crippen molar-refractivity contribution in [2.45, 2.75) is 20.3 Å². The number of hydrogen-bond donors (Lipinski definition) is 1. The average molecular weight is 259 g/mol. The molecule has 0 saturated carbocycles. The summed E-state index contributed by atoms with van der Waals surface area (Å²) >= 11 is 0. The number of nitrogens with zero attached hydrogens (tertiary/aromatic N) is 4. The van der Waals surface area contributed by atoms with Gasteiger partial charge in [0.2, 0.25) is 0 Å². The second-order valence-electron chi connectivity index (χ2n) is 4.40. The van der Waals surface area contributed by atoms with E-state index in [1.807, 2.05) is 12.1 Å². The van der Waals surface area contributed by atoms with Crippen molar-refractivity contribution in [2.24, 2.45) is 0 Å². The number of aromatic nitrogens is 3. The SMILES string of the molecule is CCN(CC)CCCNc1ccc2nccnc2n1. The van der Waals surface area contributed by atoms with Crippen molar-refractivity contribution in [3.05, 3.63) is 24.5 Å². The first kappa shape index (κ1) is 13.7. The van der Waals surface area contributed by atoms with Crippen LogP contribution in [0.15, 0.2) is 24.5 Å². The number of pyridine rings is 1. The molecule has 0 aliphatic heterocycles. The van der Waals surface area contributed by atoms with Crippen molar-refractivity contribution in [1.29, 1.82) is 0 Å². The van der Waals surface area contributed by atoms with Crippen LogP contribution in [0.1, 0.15) is 20.3 Å². The van der Waals surface area contributed by atoms with Gasteiger partial charge in [-0.1, -0.05) is 13.8 Å². The average Bonchev–Trinajstić information content (AvgIpc) is 2.47. The highest BCUT2D eigenvalue weighted by molar-refractivity contribution is 5.71. The summed E-state index contributed by atoms with van der Waals surface area (Å²) in [6.45, 7) is 8.66. The van der Waals surface area contributed by atoms with E-state index >= 15 is 0 Å². The van der Waals surface area contributed by atoms with E-state index in [9.17, 15) is 0 Å². The van der Waals surface area contributed by atoms with Crippen LogP contribution in [0.2, 0.25) is 0 Å². The summed E-state index contributed by atoms with van der Waals surface area (Å²) in [5.74, 6) is 0.868. The number of nitrogens with one attached hydrogen (secondary N) is 1. The molecule has 0 saturated heterocycles. The van der Waals surface area contributed by atoms with Crippen LogP contribution in [0.5, 0.6) is 0 Å². The van der Waals surface area contributed by atoms with Gasteiger partial charge >= 0.3 is 0 Å². The van der Waals surface area contributed by atoms with E-state index in [1.165, 1.54) is 0 Å². The highest BCUT2D eigenvalue weighted by Crippen LogP contribution is 2.09. The fourth-order valence-corrected chi connectivity index (χ4v) is 2.01. The summed E-state index contributed by atoms with van der Waals surface area (Å²) in [7, 11) is 0. The lowest BCUT2D eigenvalue weighted by Crippen LogP contribution is -2.25. The molecule has 19 heavy (non-hydrogen) atoms. The van der Waals surface area contributed by atoms with Crippen molar-refractivity contribution in [3.63, 3.8) is 0 Å². The third-order valence-corrected chi connectivity index (χ3v) is 3.18. The number of rotatable bonds is 7. The van der Waals surface area contributed by atoms with Crippen molar-refractivity contribution >= 4 is 17.0 Å². The zero-order valence-electron chi connectivity index (χ0n) is 11.6. The van der Waals surface area contributed by atoms with E-state index in [1.54, 1.807) is 12.4 Å². The molecule has 0 fully saturated rings. The maximum absolute atomic E-state index is 4.43. The highest BCUT2D eigenvalue weighted by atomic mass is 15.1. The molecule has 2 aromatic rings. The number of hydrogen-bond acceptors (Lipinski definition) is 5. The summed E-state index contributed by atoms with van der Waals surface area (Å²) in [5.41, 5.74) is 1.52. The van der Waals surface area contributed by atoms with Gasteiger partial charge in [-0.15, -0.1) is 0 Å². The summed E-state index contributed by atoms with van der Waals surface area (Å²) in [6, 6.07) is 3.90. The molecular formula is C14H21N5. The van der Waals surface area contributed by atoms with Gasteiger partial charge in [0.25, 0.3) is 0 Å². The van der Waals surface area contributed by atoms with Gasteiger partial charge in [0, 0.05) is 18.9 Å². The van der Waals surface area contributed by atoms with Gasteiger partial charge in [-0.2, -0.15) is 0 Å². The van der Waals surface area contributed by atoms with E-state index < -0.39 is 0 Å². The van der Waals surface area contributed by atoms with Crippen LogP contribution in [-0.4, -0.2) is 46.0 Å². The van der Waals surface area contributed by atoms with Crippen LogP contribution in [0.25, 0.3) is 11.2 Å². The molecule has 1 N–H and O–H groups in total. The zero-order valence-corrected chi connectivity index (χ0v) is 11.6. The molecule has 102 valence electrons. The lowest BCUT2D eigenvalue weighted by atomic mass is 10.3. The van der Waals surface area contributed by atoms with Gasteiger partial charge in [0.1, 0.15) is 11.3 Å². The Morgan fingerprint density at radius 3 is 2.68 bits per heavy atom. The fourth-order valence-electron chi connectivity index (χ4n) is 2.01. The molecule has 2 rings (SSSR count). The van der Waals surface area contributed by atoms with E-state index in [0.29, 0.717) is 5.65 Å². The minimum Gasteiger partial charge on any atom is -0.370 e. The molecule has 0 radical (unpaired) electrons. The third-order valence-electron chi connectivity index (χ3n) is 3.18. The molecular weight excluding hydrogens is 238 g/mol. The van der Waals surface area contributed by atoms with Gasteiger partial charge in [-0.3, -0.25) is 4.98 Å². The standard InChI is InChI=1S/C14H21N5/c1-3-19(4-2)11-5-8-16-13-7-6-12-14(18-13)17-10-9-15-12/h6-7,9-10H,3-5,8,11H2,1-2H3,(H,16,17,18). The maximum Gasteiger partial charge on any atom is 0.180 e. The first-order valence-corrected chi connectivity index (χ1v) is 6.87. The van der Waals surface area contributed by atoms with Crippen LogP contribution in [0.3, 0.4) is 0 Å². The Hall–Kier alpha value is -1.75. The van der Waals surface area contributed by atoms with Crippen molar-refractivity contribution in [2.75, 3.05) is 31.5 Å². The normalized spacial score (nSPS) is 11.1. The zero-order chi connectivity index (χ0) is 13.5. The van der Waals surface area contributed by atoms with Crippen LogP contribution < -0.4 is 5.32 Å². The third kappa shape index (κ3) is 3.86. The minimum absolute atomic E-state index is 0.691. The topological polar surface area (TPSA) is 53.9 Å². The van der Waals surface area contributed by atoms with Crippen molar-refractivity contribution in [1.82, 2.24) is 19.9 Å². The fraction of sp³-hybridized carbons (Fsp3) is 0.500. The van der Waals surface area contributed by atoms with Gasteiger partial charge in [-0.05, 0) is 38.2 Å². The number of anilines is 1. The summed E-state index contributed by atoms with van der Waals surface area (Å²) < 4.78 is 0. The largest absolute Gasteiger partial charge is 0.370 e. The van der Waals surface area contributed by atoms with Crippen molar-refractivity contribution in [3.8, 4) is 0 Å². The maximum atomic E-state index is 4.43. The molecule has 2 aromatic heterocycles. The van der Waals surface area contributed by atoms with Gasteiger partial charge in [-0.25, -0.2) is 9.97 Å². The molecule has 0 unspecified atom stereocenters. The molecule has 0 amide bonds. The van der Waals surface area contributed by atoms with E-state index in [4.69, 9.17) is 0 Å². The molecule has 5 heteroatoms. The Kier molecular flexibility index (Phi) is 5.03. The lowest BCUT2D eigenvalue weighted by Gasteiger charge is -2.17. The van der Waals surface area contributed by atoms with Crippen LogP contribution in [0.4, 0.5) is 5.82 Å². The predicted octanol–water partition coefficient (Wildman–Crippen LogP) is 2.17. The minimum atomic E-state index is 0.691. The van der Waals surface area contributed by atoms with Crippen LogP contribution in [-0.2, 0) is 0 Å². The molecule has 5 nitrogen and oxygen atoms in total. The first-order chi connectivity index (χ1) is 9.33. The molecule has 0 aromatic carbocycles. The first-order valence-electron chi connectivity index (χ1n) is 6.87.